The minimum atomic E-state index is -3.21. The van der Waals surface area contributed by atoms with Crippen LogP contribution in [-0.4, -0.2) is 38.3 Å². The second-order valence-corrected chi connectivity index (χ2v) is 6.24. The Morgan fingerprint density at radius 2 is 1.73 bits per heavy atom. The molecule has 0 aliphatic carbocycles. The molecular weight excluding hydrogens is 239 g/mol. The molecule has 0 fully saturated rings. The van der Waals surface area contributed by atoms with Gasteiger partial charge in [-0.05, 0) is 12.1 Å². The molecule has 1 aromatic carbocycles. The molecule has 0 bridgehead atoms. The van der Waals surface area contributed by atoms with Crippen LogP contribution in [0.2, 0.25) is 0 Å². The van der Waals surface area contributed by atoms with Crippen LogP contribution in [0.1, 0.15) is 0 Å². The van der Waals surface area contributed by atoms with Crippen LogP contribution >= 0.6 is 14.8 Å². The predicted molar refractivity (Wildman–Crippen MR) is 53.0 cm³/mol. The SMILES string of the molecule is O=[SH](O)(Br)c1ccccc1.[NaH]. The molecule has 0 radical (unpaired) electrons. The number of rotatable bonds is 1. The first kappa shape index (κ1) is 11.8. The van der Waals surface area contributed by atoms with E-state index >= 15 is 0 Å². The average molecular weight is 247 g/mol. The Kier molecular flexibility index (Phi) is 5.09. The van der Waals surface area contributed by atoms with Crippen molar-refractivity contribution >= 4 is 53.0 Å². The third-order valence-electron chi connectivity index (χ3n) is 1.07. The van der Waals surface area contributed by atoms with Gasteiger partial charge >= 0.3 is 29.6 Å². The summed E-state index contributed by atoms with van der Waals surface area (Å²) >= 11 is 2.70. The molecule has 0 unspecified atom stereocenters. The van der Waals surface area contributed by atoms with Crippen LogP contribution in [0, 0.1) is 0 Å². The van der Waals surface area contributed by atoms with Gasteiger partial charge in [-0.1, -0.05) is 18.2 Å². The quantitative estimate of drug-likeness (QED) is 0.444. The zero-order valence-corrected chi connectivity index (χ0v) is 7.55. The second kappa shape index (κ2) is 4.74. The van der Waals surface area contributed by atoms with E-state index in [4.69, 9.17) is 4.55 Å². The Hall–Kier alpha value is 0.810. The van der Waals surface area contributed by atoms with E-state index in [-0.39, 0.29) is 29.6 Å². The first-order valence-corrected chi connectivity index (χ1v) is 6.36. The van der Waals surface area contributed by atoms with Crippen molar-refractivity contribution in [2.24, 2.45) is 0 Å². The van der Waals surface area contributed by atoms with Gasteiger partial charge in [0.2, 0.25) is 0 Å². The number of hydrogen-bond acceptors (Lipinski definition) is 1. The van der Waals surface area contributed by atoms with E-state index in [1.54, 1.807) is 30.3 Å². The summed E-state index contributed by atoms with van der Waals surface area (Å²) in [6.45, 7) is 0. The third-order valence-corrected chi connectivity index (χ3v) is 3.24. The summed E-state index contributed by atoms with van der Waals surface area (Å²) in [7, 11) is -3.21. The Bertz CT molecular complexity index is 259. The molecule has 0 atom stereocenters. The maximum atomic E-state index is 10.9. The first-order valence-electron chi connectivity index (χ1n) is 2.69. The van der Waals surface area contributed by atoms with Crippen molar-refractivity contribution in [2.75, 3.05) is 0 Å². The van der Waals surface area contributed by atoms with Crippen molar-refractivity contribution in [3.05, 3.63) is 30.3 Å². The molecule has 1 aromatic rings. The van der Waals surface area contributed by atoms with E-state index in [0.717, 1.165) is 0 Å². The van der Waals surface area contributed by atoms with Crippen LogP contribution in [-0.2, 0) is 8.65 Å². The molecule has 0 saturated carbocycles. The van der Waals surface area contributed by atoms with E-state index in [0.29, 0.717) is 4.90 Å². The molecule has 0 aliphatic rings. The molecule has 58 valence electrons. The summed E-state index contributed by atoms with van der Waals surface area (Å²) in [4.78, 5) is 0.426. The summed E-state index contributed by atoms with van der Waals surface area (Å²) < 4.78 is 19.8. The van der Waals surface area contributed by atoms with E-state index < -0.39 is 8.65 Å². The topological polar surface area (TPSA) is 37.3 Å². The van der Waals surface area contributed by atoms with E-state index in [9.17, 15) is 4.21 Å². The molecule has 11 heavy (non-hydrogen) atoms. The zero-order chi connectivity index (χ0) is 7.61. The standard InChI is InChI=1S/C6H7BrO2S.Na.H/c7-10(8,9)6-4-2-1-3-5-6;;/h1-5,10H,(H,8,9);;. The Morgan fingerprint density at radius 3 is 2.00 bits per heavy atom. The summed E-state index contributed by atoms with van der Waals surface area (Å²) in [6, 6.07) is 8.45. The minimum absolute atomic E-state index is 0. The first-order chi connectivity index (χ1) is 4.61. The van der Waals surface area contributed by atoms with Crippen LogP contribution in [0.15, 0.2) is 35.2 Å². The molecule has 1 rings (SSSR count). The zero-order valence-electron chi connectivity index (χ0n) is 5.07. The van der Waals surface area contributed by atoms with Gasteiger partial charge in [-0.2, -0.15) is 4.21 Å². The predicted octanol–water partition coefficient (Wildman–Crippen LogP) is 1.20. The fourth-order valence-electron chi connectivity index (χ4n) is 0.612. The summed E-state index contributed by atoms with van der Waals surface area (Å²) in [5.74, 6) is 0. The monoisotopic (exact) mass is 246 g/mol. The number of halogens is 1. The van der Waals surface area contributed by atoms with Gasteiger partial charge in [-0.15, -0.1) is 8.65 Å². The summed E-state index contributed by atoms with van der Waals surface area (Å²) in [5.41, 5.74) is 0. The third kappa shape index (κ3) is 3.83. The average Bonchev–Trinajstić information content (AvgIpc) is 1.88. The van der Waals surface area contributed by atoms with Crippen molar-refractivity contribution in [1.29, 1.82) is 0 Å². The fraction of sp³-hybridized carbons (Fsp3) is 0. The Labute approximate surface area is 96.1 Å². The molecular formula is C6H8BrNaO2S. The van der Waals surface area contributed by atoms with Crippen molar-refractivity contribution < 1.29 is 8.76 Å². The van der Waals surface area contributed by atoms with Gasteiger partial charge in [0.05, 0.1) is 19.7 Å². The second-order valence-electron chi connectivity index (χ2n) is 1.84. The van der Waals surface area contributed by atoms with E-state index in [1.165, 1.54) is 0 Å². The molecule has 5 heteroatoms. The van der Waals surface area contributed by atoms with Gasteiger partial charge in [0.1, 0.15) is 0 Å². The number of hydrogen-bond donors (Lipinski definition) is 2. The van der Waals surface area contributed by atoms with Gasteiger partial charge in [-0.3, -0.25) is 4.55 Å². The van der Waals surface area contributed by atoms with Crippen LogP contribution in [0.5, 0.6) is 0 Å². The normalized spacial score (nSPS) is 11.8. The molecule has 0 saturated heterocycles. The van der Waals surface area contributed by atoms with Crippen molar-refractivity contribution in [3.8, 4) is 0 Å². The van der Waals surface area contributed by atoms with Crippen LogP contribution in [0.4, 0.5) is 0 Å². The maximum absolute atomic E-state index is 10.9. The van der Waals surface area contributed by atoms with Gasteiger partial charge in [0.25, 0.3) is 0 Å². The van der Waals surface area contributed by atoms with Crippen molar-refractivity contribution in [3.63, 3.8) is 0 Å². The number of benzene rings is 1. The van der Waals surface area contributed by atoms with Crippen LogP contribution in [0.25, 0.3) is 0 Å². The number of thiol groups is 1. The van der Waals surface area contributed by atoms with Gasteiger partial charge < -0.3 is 0 Å². The Balaban J connectivity index is 0.000001000. The van der Waals surface area contributed by atoms with Crippen molar-refractivity contribution in [1.82, 2.24) is 0 Å². The van der Waals surface area contributed by atoms with Gasteiger partial charge in [0.15, 0.2) is 0 Å². The molecule has 0 spiro atoms. The van der Waals surface area contributed by atoms with Crippen LogP contribution in [0.3, 0.4) is 0 Å². The molecule has 0 amide bonds. The summed E-state index contributed by atoms with van der Waals surface area (Å²) in [6.07, 6.45) is 0. The molecule has 0 heterocycles. The van der Waals surface area contributed by atoms with E-state index in [2.05, 4.69) is 14.8 Å². The molecule has 0 aliphatic heterocycles. The molecule has 2 nitrogen and oxygen atoms in total. The fourth-order valence-corrected chi connectivity index (χ4v) is 1.86. The van der Waals surface area contributed by atoms with Gasteiger partial charge in [0, 0.05) is 0 Å². The van der Waals surface area contributed by atoms with Crippen LogP contribution < -0.4 is 0 Å². The molecule has 0 aromatic heterocycles. The summed E-state index contributed by atoms with van der Waals surface area (Å²) in [5, 5.41) is 0. The van der Waals surface area contributed by atoms with Gasteiger partial charge in [-0.25, -0.2) is 0 Å². The Morgan fingerprint density at radius 1 is 1.27 bits per heavy atom. The molecule has 1 N–H and O–H groups in total. The van der Waals surface area contributed by atoms with Crippen molar-refractivity contribution in [2.45, 2.75) is 4.90 Å². The van der Waals surface area contributed by atoms with E-state index in [1.807, 2.05) is 0 Å².